The lowest BCUT2D eigenvalue weighted by molar-refractivity contribution is 0.102. The lowest BCUT2D eigenvalue weighted by Crippen LogP contribution is -2.13. The number of rotatable bonds is 3. The van der Waals surface area contributed by atoms with Crippen molar-refractivity contribution in [2.45, 2.75) is 6.92 Å². The fourth-order valence-electron chi connectivity index (χ4n) is 2.15. The highest BCUT2D eigenvalue weighted by molar-refractivity contribution is 6.06. The van der Waals surface area contributed by atoms with Crippen LogP contribution in [-0.4, -0.2) is 11.1 Å². The van der Waals surface area contributed by atoms with Crippen molar-refractivity contribution in [3.05, 3.63) is 71.9 Å². The average Bonchev–Trinajstić information content (AvgIpc) is 2.96. The van der Waals surface area contributed by atoms with E-state index >= 15 is 0 Å². The molecule has 0 aliphatic rings. The van der Waals surface area contributed by atoms with Crippen molar-refractivity contribution in [3.63, 3.8) is 0 Å². The van der Waals surface area contributed by atoms with Gasteiger partial charge < -0.3 is 4.52 Å². The van der Waals surface area contributed by atoms with Crippen LogP contribution in [0.1, 0.15) is 15.9 Å². The molecule has 0 saturated carbocycles. The molecular formula is C17H14N2O2. The summed E-state index contributed by atoms with van der Waals surface area (Å²) in [6, 6.07) is 17.1. The van der Waals surface area contributed by atoms with E-state index in [1.807, 2.05) is 55.5 Å². The first kappa shape index (κ1) is 13.1. The van der Waals surface area contributed by atoms with Crippen molar-refractivity contribution in [1.82, 2.24) is 5.16 Å². The van der Waals surface area contributed by atoms with Crippen LogP contribution in [0.15, 0.2) is 65.3 Å². The van der Waals surface area contributed by atoms with Crippen molar-refractivity contribution in [2.24, 2.45) is 0 Å². The quantitative estimate of drug-likeness (QED) is 0.790. The molecule has 0 unspecified atom stereocenters. The van der Waals surface area contributed by atoms with Gasteiger partial charge in [-0.25, -0.2) is 0 Å². The maximum absolute atomic E-state index is 12.3. The molecule has 1 N–H and O–H groups in total. The highest BCUT2D eigenvalue weighted by atomic mass is 16.5. The molecule has 0 bridgehead atoms. The smallest absolute Gasteiger partial charge is 0.258 e. The largest absolute Gasteiger partial charge is 0.338 e. The number of hydrogen-bond acceptors (Lipinski definition) is 3. The summed E-state index contributed by atoms with van der Waals surface area (Å²) in [6.07, 6.45) is 1.60. The Kier molecular flexibility index (Phi) is 3.51. The Balaban J connectivity index is 1.89. The van der Waals surface area contributed by atoms with Crippen molar-refractivity contribution in [3.8, 4) is 11.1 Å². The monoisotopic (exact) mass is 278 g/mol. The maximum atomic E-state index is 12.3. The van der Waals surface area contributed by atoms with Gasteiger partial charge in [-0.1, -0.05) is 53.7 Å². The number of carbonyl (C=O) groups is 1. The van der Waals surface area contributed by atoms with E-state index < -0.39 is 0 Å². The van der Waals surface area contributed by atoms with E-state index in [1.54, 1.807) is 12.3 Å². The Morgan fingerprint density at radius 2 is 1.76 bits per heavy atom. The lowest BCUT2D eigenvalue weighted by atomic mass is 10.1. The van der Waals surface area contributed by atoms with Crippen LogP contribution in [0.4, 0.5) is 5.88 Å². The molecule has 104 valence electrons. The Labute approximate surface area is 122 Å². The van der Waals surface area contributed by atoms with Crippen LogP contribution < -0.4 is 5.32 Å². The summed E-state index contributed by atoms with van der Waals surface area (Å²) in [5, 5.41) is 6.56. The third-order valence-corrected chi connectivity index (χ3v) is 3.27. The maximum Gasteiger partial charge on any atom is 0.258 e. The van der Waals surface area contributed by atoms with Crippen LogP contribution in [0, 0.1) is 6.92 Å². The van der Waals surface area contributed by atoms with Gasteiger partial charge in [0.2, 0.25) is 5.88 Å². The summed E-state index contributed by atoms with van der Waals surface area (Å²) >= 11 is 0. The normalized spacial score (nSPS) is 10.3. The minimum atomic E-state index is -0.206. The second-order valence-corrected chi connectivity index (χ2v) is 4.70. The molecule has 3 rings (SSSR count). The van der Waals surface area contributed by atoms with Crippen molar-refractivity contribution in [2.75, 3.05) is 5.32 Å². The standard InChI is InChI=1S/C17H14N2O2/c1-12-7-5-6-10-14(12)16(20)19-17-15(11-18-21-17)13-8-3-2-4-9-13/h2-11H,1H3,(H,19,20). The Bertz CT molecular complexity index is 763. The zero-order valence-corrected chi connectivity index (χ0v) is 11.5. The van der Waals surface area contributed by atoms with Gasteiger partial charge in [0.1, 0.15) is 0 Å². The number of anilines is 1. The average molecular weight is 278 g/mol. The number of hydrogen-bond donors (Lipinski definition) is 1. The van der Waals surface area contributed by atoms with Crippen LogP contribution in [0.3, 0.4) is 0 Å². The van der Waals surface area contributed by atoms with Crippen molar-refractivity contribution >= 4 is 11.8 Å². The van der Waals surface area contributed by atoms with E-state index in [0.29, 0.717) is 11.4 Å². The van der Waals surface area contributed by atoms with Crippen molar-refractivity contribution in [1.29, 1.82) is 0 Å². The highest BCUT2D eigenvalue weighted by Gasteiger charge is 2.15. The molecule has 0 aliphatic heterocycles. The van der Waals surface area contributed by atoms with Gasteiger partial charge in [-0.05, 0) is 24.1 Å². The second-order valence-electron chi connectivity index (χ2n) is 4.70. The Morgan fingerprint density at radius 1 is 1.05 bits per heavy atom. The number of nitrogens with zero attached hydrogens (tertiary/aromatic N) is 1. The first-order valence-electron chi connectivity index (χ1n) is 6.63. The third-order valence-electron chi connectivity index (χ3n) is 3.27. The molecule has 1 amide bonds. The van der Waals surface area contributed by atoms with Crippen molar-refractivity contribution < 1.29 is 9.32 Å². The zero-order chi connectivity index (χ0) is 14.7. The predicted molar refractivity (Wildman–Crippen MR) is 81.1 cm³/mol. The van der Waals surface area contributed by atoms with E-state index in [-0.39, 0.29) is 5.91 Å². The van der Waals surface area contributed by atoms with E-state index in [0.717, 1.165) is 16.7 Å². The molecule has 0 fully saturated rings. The van der Waals surface area contributed by atoms with Gasteiger partial charge >= 0.3 is 0 Å². The molecule has 0 spiro atoms. The lowest BCUT2D eigenvalue weighted by Gasteiger charge is -2.06. The zero-order valence-electron chi connectivity index (χ0n) is 11.5. The Hall–Kier alpha value is -2.88. The number of amides is 1. The van der Waals surface area contributed by atoms with Gasteiger partial charge in [0, 0.05) is 5.56 Å². The topological polar surface area (TPSA) is 55.1 Å². The van der Waals surface area contributed by atoms with E-state index in [1.165, 1.54) is 0 Å². The fraction of sp³-hybridized carbons (Fsp3) is 0.0588. The molecule has 0 radical (unpaired) electrons. The Morgan fingerprint density at radius 3 is 2.52 bits per heavy atom. The first-order chi connectivity index (χ1) is 10.3. The summed E-state index contributed by atoms with van der Waals surface area (Å²) in [5.74, 6) is 0.150. The van der Waals surface area contributed by atoms with Crippen LogP contribution in [0.25, 0.3) is 11.1 Å². The van der Waals surface area contributed by atoms with E-state index in [2.05, 4.69) is 10.5 Å². The predicted octanol–water partition coefficient (Wildman–Crippen LogP) is 3.90. The molecule has 21 heavy (non-hydrogen) atoms. The van der Waals surface area contributed by atoms with E-state index in [9.17, 15) is 4.79 Å². The molecule has 1 aromatic heterocycles. The van der Waals surface area contributed by atoms with Crippen LogP contribution in [0.2, 0.25) is 0 Å². The van der Waals surface area contributed by atoms with Crippen LogP contribution >= 0.6 is 0 Å². The fourth-order valence-corrected chi connectivity index (χ4v) is 2.15. The van der Waals surface area contributed by atoms with E-state index in [4.69, 9.17) is 4.52 Å². The van der Waals surface area contributed by atoms with Gasteiger partial charge in [-0.15, -0.1) is 0 Å². The SMILES string of the molecule is Cc1ccccc1C(=O)Nc1oncc1-c1ccccc1. The molecule has 0 atom stereocenters. The number of aryl methyl sites for hydroxylation is 1. The summed E-state index contributed by atoms with van der Waals surface area (Å²) in [5.41, 5.74) is 3.24. The van der Waals surface area contributed by atoms with Crippen LogP contribution in [0.5, 0.6) is 0 Å². The van der Waals surface area contributed by atoms with Crippen LogP contribution in [-0.2, 0) is 0 Å². The number of nitrogens with one attached hydrogen (secondary N) is 1. The molecule has 0 aliphatic carbocycles. The van der Waals surface area contributed by atoms with Gasteiger partial charge in [-0.2, -0.15) is 0 Å². The van der Waals surface area contributed by atoms with Gasteiger partial charge in [-0.3, -0.25) is 10.1 Å². The summed E-state index contributed by atoms with van der Waals surface area (Å²) in [4.78, 5) is 12.3. The number of aromatic nitrogens is 1. The first-order valence-corrected chi connectivity index (χ1v) is 6.63. The molecule has 4 nitrogen and oxygen atoms in total. The van der Waals surface area contributed by atoms with Gasteiger partial charge in [0.15, 0.2) is 0 Å². The molecule has 4 heteroatoms. The molecule has 3 aromatic rings. The highest BCUT2D eigenvalue weighted by Crippen LogP contribution is 2.27. The summed E-state index contributed by atoms with van der Waals surface area (Å²) in [6.45, 7) is 1.90. The number of benzene rings is 2. The summed E-state index contributed by atoms with van der Waals surface area (Å²) in [7, 11) is 0. The van der Waals surface area contributed by atoms with Gasteiger partial charge in [0.05, 0.1) is 11.8 Å². The molecule has 1 heterocycles. The molecule has 0 saturated heterocycles. The third kappa shape index (κ3) is 2.69. The second kappa shape index (κ2) is 5.63. The minimum Gasteiger partial charge on any atom is -0.338 e. The van der Waals surface area contributed by atoms with Gasteiger partial charge in [0.25, 0.3) is 5.91 Å². The molecular weight excluding hydrogens is 264 g/mol. The minimum absolute atomic E-state index is 0.206. The molecule has 2 aromatic carbocycles. The summed E-state index contributed by atoms with van der Waals surface area (Å²) < 4.78 is 5.17. The number of carbonyl (C=O) groups excluding carboxylic acids is 1.